The molecule has 3 N–H and O–H groups in total. The average Bonchev–Trinajstić information content (AvgIpc) is 2.91. The minimum absolute atomic E-state index is 0.244. The van der Waals surface area contributed by atoms with E-state index >= 15 is 0 Å². The van der Waals surface area contributed by atoms with Gasteiger partial charge in [-0.05, 0) is 24.3 Å². The molecule has 2 aromatic heterocycles. The highest BCUT2D eigenvalue weighted by Gasteiger charge is 2.11. The Morgan fingerprint density at radius 1 is 1.25 bits per heavy atom. The van der Waals surface area contributed by atoms with Gasteiger partial charge in [0.15, 0.2) is 0 Å². The van der Waals surface area contributed by atoms with E-state index in [1.807, 2.05) is 12.1 Å². The molecule has 3 rings (SSSR count). The van der Waals surface area contributed by atoms with Gasteiger partial charge in [-0.15, -0.1) is 0 Å². The molecule has 0 spiro atoms. The average molecular weight is 322 g/mol. The number of anilines is 2. The predicted molar refractivity (Wildman–Crippen MR) is 85.8 cm³/mol. The van der Waals surface area contributed by atoms with Crippen molar-refractivity contribution < 1.29 is 0 Å². The summed E-state index contributed by atoms with van der Waals surface area (Å²) in [6.45, 7) is 0. The van der Waals surface area contributed by atoms with Gasteiger partial charge < -0.3 is 11.1 Å². The number of halogens is 1. The Bertz CT molecular complexity index is 801. The Hall–Kier alpha value is -1.83. The zero-order valence-electron chi connectivity index (χ0n) is 10.0. The molecule has 0 saturated carbocycles. The molecule has 0 fully saturated rings. The second-order valence-corrected chi connectivity index (χ2v) is 5.33. The summed E-state index contributed by atoms with van der Waals surface area (Å²) >= 11 is 12.3. The number of fused-ring (bicyclic) bond motifs is 1. The fourth-order valence-electron chi connectivity index (χ4n) is 1.72. The Morgan fingerprint density at radius 3 is 2.90 bits per heavy atom. The summed E-state index contributed by atoms with van der Waals surface area (Å²) in [4.78, 5) is 4.56. The molecule has 100 valence electrons. The molecule has 8 heteroatoms. The fourth-order valence-corrected chi connectivity index (χ4v) is 2.57. The summed E-state index contributed by atoms with van der Waals surface area (Å²) in [6, 6.07) is 8.96. The van der Waals surface area contributed by atoms with Crippen LogP contribution >= 0.6 is 35.5 Å². The van der Waals surface area contributed by atoms with Gasteiger partial charge in [-0.25, -0.2) is 4.98 Å². The number of hydrogen-bond donors (Lipinski definition) is 2. The summed E-state index contributed by atoms with van der Waals surface area (Å²) in [5, 5.41) is 3.69. The molecule has 0 radical (unpaired) electrons. The lowest BCUT2D eigenvalue weighted by Crippen LogP contribution is -2.12. The lowest BCUT2D eigenvalue weighted by Gasteiger charge is -2.09. The molecule has 0 bridgehead atoms. The van der Waals surface area contributed by atoms with Crippen LogP contribution in [0.25, 0.3) is 11.0 Å². The first-order valence-corrected chi connectivity index (χ1v) is 7.11. The van der Waals surface area contributed by atoms with Crippen LogP contribution in [0.2, 0.25) is 5.02 Å². The first-order chi connectivity index (χ1) is 9.65. The third-order valence-corrected chi connectivity index (χ3v) is 3.70. The number of benzene rings is 1. The Balaban J connectivity index is 2.05. The summed E-state index contributed by atoms with van der Waals surface area (Å²) in [7, 11) is 0. The number of rotatable bonds is 3. The van der Waals surface area contributed by atoms with Crippen LogP contribution in [0.3, 0.4) is 0 Å². The number of nitrogens with zero attached hydrogens (tertiary/aromatic N) is 3. The van der Waals surface area contributed by atoms with Crippen LogP contribution < -0.4 is 11.1 Å². The van der Waals surface area contributed by atoms with Crippen LogP contribution in [0.5, 0.6) is 0 Å². The van der Waals surface area contributed by atoms with Gasteiger partial charge in [-0.1, -0.05) is 29.9 Å². The molecule has 0 unspecified atom stereocenters. The summed E-state index contributed by atoms with van der Waals surface area (Å²) in [6.07, 6.45) is 0. The Labute approximate surface area is 129 Å². The molecule has 0 aliphatic heterocycles. The van der Waals surface area contributed by atoms with E-state index in [0.29, 0.717) is 27.7 Å². The summed E-state index contributed by atoms with van der Waals surface area (Å²) in [5.41, 5.74) is 8.29. The van der Waals surface area contributed by atoms with Crippen molar-refractivity contribution in [2.75, 3.05) is 5.32 Å². The zero-order valence-corrected chi connectivity index (χ0v) is 12.4. The van der Waals surface area contributed by atoms with Crippen molar-refractivity contribution in [1.82, 2.24) is 13.7 Å². The van der Waals surface area contributed by atoms with E-state index in [2.05, 4.69) is 19.0 Å². The molecular weight excluding hydrogens is 314 g/mol. The van der Waals surface area contributed by atoms with Crippen LogP contribution in [0, 0.1) is 0 Å². The zero-order chi connectivity index (χ0) is 14.1. The third-order valence-electron chi connectivity index (χ3n) is 2.63. The fraction of sp³-hybridized carbons (Fsp3) is 0. The number of pyridine rings is 1. The summed E-state index contributed by atoms with van der Waals surface area (Å²) < 4.78 is 8.42. The van der Waals surface area contributed by atoms with E-state index in [9.17, 15) is 0 Å². The molecule has 0 amide bonds. The van der Waals surface area contributed by atoms with E-state index < -0.39 is 0 Å². The smallest absolute Gasteiger partial charge is 0.131 e. The molecule has 0 aliphatic rings. The standard InChI is InChI=1S/C12H8ClN5S2/c13-6-4-5-7-11(18-20-17-7)10(6)16-9-3-1-2-8(15-9)12(14)19/h1-5H,(H2,14,19)(H,15,16). The van der Waals surface area contributed by atoms with Crippen molar-refractivity contribution in [1.29, 1.82) is 0 Å². The van der Waals surface area contributed by atoms with E-state index in [-0.39, 0.29) is 4.99 Å². The topological polar surface area (TPSA) is 76.7 Å². The molecule has 0 aliphatic carbocycles. The summed E-state index contributed by atoms with van der Waals surface area (Å²) in [5.74, 6) is 0.595. The highest BCUT2D eigenvalue weighted by atomic mass is 35.5. The molecule has 0 atom stereocenters. The van der Waals surface area contributed by atoms with Crippen LogP contribution in [0.4, 0.5) is 11.5 Å². The molecule has 5 nitrogen and oxygen atoms in total. The first-order valence-electron chi connectivity index (χ1n) is 5.60. The highest BCUT2D eigenvalue weighted by Crippen LogP contribution is 2.31. The van der Waals surface area contributed by atoms with Crippen LogP contribution in [0.15, 0.2) is 30.3 Å². The van der Waals surface area contributed by atoms with Crippen molar-refractivity contribution in [3.63, 3.8) is 0 Å². The Kier molecular flexibility index (Phi) is 3.47. The van der Waals surface area contributed by atoms with Crippen LogP contribution in [0.1, 0.15) is 5.69 Å². The van der Waals surface area contributed by atoms with Crippen molar-refractivity contribution in [3.05, 3.63) is 41.0 Å². The van der Waals surface area contributed by atoms with Gasteiger partial charge in [0.2, 0.25) is 0 Å². The van der Waals surface area contributed by atoms with E-state index in [1.54, 1.807) is 18.2 Å². The number of nitrogens with two attached hydrogens (primary N) is 1. The van der Waals surface area contributed by atoms with Gasteiger partial charge >= 0.3 is 0 Å². The number of aromatic nitrogens is 3. The number of thiocarbonyl (C=S) groups is 1. The maximum absolute atomic E-state index is 6.21. The molecular formula is C12H8ClN5S2. The maximum atomic E-state index is 6.21. The normalized spacial score (nSPS) is 10.7. The monoisotopic (exact) mass is 321 g/mol. The van der Waals surface area contributed by atoms with Gasteiger partial charge in [0.05, 0.1) is 28.1 Å². The molecule has 1 aromatic carbocycles. The lowest BCUT2D eigenvalue weighted by atomic mass is 10.2. The van der Waals surface area contributed by atoms with E-state index in [0.717, 1.165) is 17.2 Å². The highest BCUT2D eigenvalue weighted by molar-refractivity contribution is 7.80. The lowest BCUT2D eigenvalue weighted by molar-refractivity contribution is 1.28. The number of nitrogens with one attached hydrogen (secondary N) is 1. The maximum Gasteiger partial charge on any atom is 0.131 e. The second-order valence-electron chi connectivity index (χ2n) is 3.95. The first kappa shape index (κ1) is 13.2. The van der Waals surface area contributed by atoms with Gasteiger partial charge in [-0.3, -0.25) is 0 Å². The largest absolute Gasteiger partial charge is 0.388 e. The molecule has 0 saturated heterocycles. The predicted octanol–water partition coefficient (Wildman–Crippen LogP) is 3.12. The minimum atomic E-state index is 0.244. The molecule has 3 aromatic rings. The van der Waals surface area contributed by atoms with E-state index in [4.69, 9.17) is 29.6 Å². The Morgan fingerprint density at radius 2 is 2.10 bits per heavy atom. The minimum Gasteiger partial charge on any atom is -0.388 e. The molecule has 2 heterocycles. The van der Waals surface area contributed by atoms with Crippen molar-refractivity contribution in [2.45, 2.75) is 0 Å². The van der Waals surface area contributed by atoms with Crippen molar-refractivity contribution in [3.8, 4) is 0 Å². The van der Waals surface area contributed by atoms with Gasteiger partial charge in [0.1, 0.15) is 21.8 Å². The second kappa shape index (κ2) is 5.28. The molecule has 20 heavy (non-hydrogen) atoms. The van der Waals surface area contributed by atoms with Crippen molar-refractivity contribution >= 4 is 63.1 Å². The van der Waals surface area contributed by atoms with E-state index in [1.165, 1.54) is 0 Å². The SMILES string of the molecule is NC(=S)c1cccc(Nc2c(Cl)ccc3nsnc23)n1. The van der Waals surface area contributed by atoms with Crippen molar-refractivity contribution in [2.24, 2.45) is 5.73 Å². The third kappa shape index (κ3) is 2.43. The van der Waals surface area contributed by atoms with Gasteiger partial charge in [0.25, 0.3) is 0 Å². The van der Waals surface area contributed by atoms with Crippen LogP contribution in [-0.2, 0) is 0 Å². The van der Waals surface area contributed by atoms with Crippen LogP contribution in [-0.4, -0.2) is 18.7 Å². The number of hydrogen-bond acceptors (Lipinski definition) is 6. The quantitative estimate of drug-likeness (QED) is 0.722. The van der Waals surface area contributed by atoms with Gasteiger partial charge in [-0.2, -0.15) is 8.75 Å². The van der Waals surface area contributed by atoms with Gasteiger partial charge in [0, 0.05) is 0 Å².